The van der Waals surface area contributed by atoms with Crippen LogP contribution in [0.15, 0.2) is 24.3 Å². The Bertz CT molecular complexity index is 544. The van der Waals surface area contributed by atoms with Gasteiger partial charge in [-0.2, -0.15) is 0 Å². The lowest BCUT2D eigenvalue weighted by Gasteiger charge is -2.10. The van der Waals surface area contributed by atoms with Gasteiger partial charge in [0.2, 0.25) is 10.0 Å². The molecule has 0 aliphatic rings. The van der Waals surface area contributed by atoms with Gasteiger partial charge in [0.1, 0.15) is 0 Å². The van der Waals surface area contributed by atoms with E-state index in [-0.39, 0.29) is 5.75 Å². The highest BCUT2D eigenvalue weighted by atomic mass is 32.2. The molecule has 0 aliphatic carbocycles. The number of ether oxygens (including phenoxy) is 1. The fourth-order valence-corrected chi connectivity index (χ4v) is 2.51. The van der Waals surface area contributed by atoms with Crippen LogP contribution in [0.1, 0.15) is 5.56 Å². The Morgan fingerprint density at radius 2 is 2.21 bits per heavy atom. The lowest BCUT2D eigenvalue weighted by molar-refractivity contribution is -0.149. The van der Waals surface area contributed by atoms with Crippen LogP contribution in [0.25, 0.3) is 0 Å². The number of benzene rings is 1. The van der Waals surface area contributed by atoms with Crippen molar-refractivity contribution in [2.45, 2.75) is 11.9 Å². The standard InChI is InChI=1S/C11H16N2O5S/c1-18-11(15)10(14)6-13-19(16,17)7-8-3-2-4-9(12)5-8/h2-5,10,13-14H,6-7,12H2,1H3. The number of anilines is 1. The first kappa shape index (κ1) is 15.4. The zero-order chi connectivity index (χ0) is 14.5. The lowest BCUT2D eigenvalue weighted by atomic mass is 10.2. The Hall–Kier alpha value is -1.64. The minimum atomic E-state index is -3.66. The number of methoxy groups -OCH3 is 1. The van der Waals surface area contributed by atoms with Crippen LogP contribution >= 0.6 is 0 Å². The first-order chi connectivity index (χ1) is 8.84. The highest BCUT2D eigenvalue weighted by Crippen LogP contribution is 2.09. The maximum Gasteiger partial charge on any atom is 0.336 e. The largest absolute Gasteiger partial charge is 0.467 e. The summed E-state index contributed by atoms with van der Waals surface area (Å²) in [4.78, 5) is 10.9. The maximum absolute atomic E-state index is 11.7. The van der Waals surface area contributed by atoms with Crippen LogP contribution in [-0.2, 0) is 25.3 Å². The predicted octanol–water partition coefficient (Wildman–Crippen LogP) is -0.778. The van der Waals surface area contributed by atoms with Gasteiger partial charge in [-0.3, -0.25) is 0 Å². The summed E-state index contributed by atoms with van der Waals surface area (Å²) in [6.07, 6.45) is -1.53. The smallest absolute Gasteiger partial charge is 0.336 e. The third-order valence-electron chi connectivity index (χ3n) is 2.28. The molecule has 0 fully saturated rings. The molecule has 1 aromatic carbocycles. The summed E-state index contributed by atoms with van der Waals surface area (Å²) in [5.74, 6) is -1.18. The number of carbonyl (C=O) groups excluding carboxylic acids is 1. The molecule has 0 aliphatic heterocycles. The summed E-state index contributed by atoms with van der Waals surface area (Å²) >= 11 is 0. The topological polar surface area (TPSA) is 119 Å². The molecule has 1 aromatic rings. The molecule has 7 nitrogen and oxygen atoms in total. The number of aliphatic hydroxyl groups is 1. The van der Waals surface area contributed by atoms with Gasteiger partial charge in [-0.1, -0.05) is 12.1 Å². The Morgan fingerprint density at radius 1 is 1.53 bits per heavy atom. The molecule has 1 atom stereocenters. The highest BCUT2D eigenvalue weighted by Gasteiger charge is 2.19. The lowest BCUT2D eigenvalue weighted by Crippen LogP contribution is -2.37. The summed E-state index contributed by atoms with van der Waals surface area (Å²) < 4.78 is 29.8. The van der Waals surface area contributed by atoms with Crippen molar-refractivity contribution >= 4 is 21.7 Å². The van der Waals surface area contributed by atoms with Crippen LogP contribution < -0.4 is 10.5 Å². The molecule has 1 unspecified atom stereocenters. The zero-order valence-corrected chi connectivity index (χ0v) is 11.2. The molecule has 1 rings (SSSR count). The Labute approximate surface area is 111 Å². The third-order valence-corrected chi connectivity index (χ3v) is 3.60. The molecule has 0 spiro atoms. The van der Waals surface area contributed by atoms with E-state index in [1.807, 2.05) is 0 Å². The number of aliphatic hydroxyl groups excluding tert-OH is 1. The Morgan fingerprint density at radius 3 is 2.79 bits per heavy atom. The normalized spacial score (nSPS) is 12.9. The molecule has 0 saturated carbocycles. The van der Waals surface area contributed by atoms with Crippen molar-refractivity contribution < 1.29 is 23.1 Å². The highest BCUT2D eigenvalue weighted by molar-refractivity contribution is 7.88. The minimum absolute atomic E-state index is 0.286. The van der Waals surface area contributed by atoms with Crippen molar-refractivity contribution in [1.29, 1.82) is 0 Å². The van der Waals surface area contributed by atoms with E-state index in [0.717, 1.165) is 7.11 Å². The van der Waals surface area contributed by atoms with Crippen LogP contribution in [0.4, 0.5) is 5.69 Å². The number of hydrogen-bond donors (Lipinski definition) is 3. The second-order valence-electron chi connectivity index (χ2n) is 3.89. The number of sulfonamides is 1. The molecule has 0 saturated heterocycles. The first-order valence-corrected chi connectivity index (χ1v) is 7.07. The maximum atomic E-state index is 11.7. The van der Waals surface area contributed by atoms with Crippen molar-refractivity contribution in [3.8, 4) is 0 Å². The molecular weight excluding hydrogens is 272 g/mol. The van der Waals surface area contributed by atoms with E-state index in [9.17, 15) is 18.3 Å². The van der Waals surface area contributed by atoms with Crippen LogP contribution in [0.5, 0.6) is 0 Å². The Kier molecular flexibility index (Phi) is 5.28. The number of rotatable bonds is 6. The van der Waals surface area contributed by atoms with Gasteiger partial charge in [0, 0.05) is 12.2 Å². The van der Waals surface area contributed by atoms with E-state index in [4.69, 9.17) is 5.73 Å². The number of carbonyl (C=O) groups is 1. The number of nitrogens with two attached hydrogens (primary N) is 1. The van der Waals surface area contributed by atoms with Gasteiger partial charge in [0.25, 0.3) is 0 Å². The van der Waals surface area contributed by atoms with Gasteiger partial charge in [-0.25, -0.2) is 17.9 Å². The van der Waals surface area contributed by atoms with Gasteiger partial charge in [-0.05, 0) is 17.7 Å². The molecule has 8 heteroatoms. The van der Waals surface area contributed by atoms with E-state index in [1.54, 1.807) is 18.2 Å². The van der Waals surface area contributed by atoms with Crippen molar-refractivity contribution in [1.82, 2.24) is 4.72 Å². The number of nitrogen functional groups attached to an aromatic ring is 1. The molecule has 4 N–H and O–H groups in total. The second-order valence-corrected chi connectivity index (χ2v) is 5.70. The summed E-state index contributed by atoms with van der Waals surface area (Å²) in [7, 11) is -2.56. The zero-order valence-electron chi connectivity index (χ0n) is 10.4. The van der Waals surface area contributed by atoms with Crippen molar-refractivity contribution in [3.63, 3.8) is 0 Å². The SMILES string of the molecule is COC(=O)C(O)CNS(=O)(=O)Cc1cccc(N)c1. The van der Waals surface area contributed by atoms with Gasteiger partial charge in [0.15, 0.2) is 6.10 Å². The first-order valence-electron chi connectivity index (χ1n) is 5.41. The summed E-state index contributed by atoms with van der Waals surface area (Å²) in [5, 5.41) is 9.27. The molecule has 106 valence electrons. The molecule has 0 amide bonds. The predicted molar refractivity (Wildman–Crippen MR) is 69.5 cm³/mol. The van der Waals surface area contributed by atoms with Gasteiger partial charge in [0.05, 0.1) is 12.9 Å². The quantitative estimate of drug-likeness (QED) is 0.467. The summed E-state index contributed by atoms with van der Waals surface area (Å²) in [6, 6.07) is 6.44. The van der Waals surface area contributed by atoms with Crippen molar-refractivity contribution in [2.75, 3.05) is 19.4 Å². The molecule has 19 heavy (non-hydrogen) atoms. The molecule has 0 radical (unpaired) electrons. The third kappa shape index (κ3) is 5.25. The molecule has 0 bridgehead atoms. The van der Waals surface area contributed by atoms with E-state index in [1.165, 1.54) is 6.07 Å². The molecular formula is C11H16N2O5S. The summed E-state index contributed by atoms with van der Waals surface area (Å²) in [6.45, 7) is -0.433. The molecule has 0 heterocycles. The van der Waals surface area contributed by atoms with E-state index >= 15 is 0 Å². The van der Waals surface area contributed by atoms with Gasteiger partial charge in [-0.15, -0.1) is 0 Å². The van der Waals surface area contributed by atoms with Crippen LogP contribution in [0.3, 0.4) is 0 Å². The van der Waals surface area contributed by atoms with Gasteiger partial charge < -0.3 is 15.6 Å². The number of esters is 1. The van der Waals surface area contributed by atoms with Crippen LogP contribution in [-0.4, -0.2) is 39.3 Å². The van der Waals surface area contributed by atoms with Crippen LogP contribution in [0, 0.1) is 0 Å². The fourth-order valence-electron chi connectivity index (χ4n) is 1.38. The van der Waals surface area contributed by atoms with Gasteiger partial charge >= 0.3 is 5.97 Å². The number of hydrogen-bond acceptors (Lipinski definition) is 6. The Balaban J connectivity index is 2.60. The van der Waals surface area contributed by atoms with Crippen molar-refractivity contribution in [3.05, 3.63) is 29.8 Å². The number of nitrogens with one attached hydrogen (secondary N) is 1. The van der Waals surface area contributed by atoms with E-state index < -0.39 is 28.6 Å². The second kappa shape index (κ2) is 6.50. The summed E-state index contributed by atoms with van der Waals surface area (Å²) in [5.41, 5.74) is 6.52. The average molecular weight is 288 g/mol. The van der Waals surface area contributed by atoms with E-state index in [2.05, 4.69) is 9.46 Å². The average Bonchev–Trinajstić information content (AvgIpc) is 2.34. The fraction of sp³-hybridized carbons (Fsp3) is 0.364. The van der Waals surface area contributed by atoms with Crippen LogP contribution in [0.2, 0.25) is 0 Å². The van der Waals surface area contributed by atoms with E-state index in [0.29, 0.717) is 11.3 Å². The van der Waals surface area contributed by atoms with Crippen molar-refractivity contribution in [2.24, 2.45) is 0 Å². The minimum Gasteiger partial charge on any atom is -0.467 e. The molecule has 0 aromatic heterocycles. The monoisotopic (exact) mass is 288 g/mol.